The van der Waals surface area contributed by atoms with Crippen LogP contribution < -0.4 is 5.32 Å². The summed E-state index contributed by atoms with van der Waals surface area (Å²) in [5, 5.41) is 3.53. The van der Waals surface area contributed by atoms with E-state index in [-0.39, 0.29) is 11.4 Å². The molecule has 0 fully saturated rings. The number of hydrogen-bond donors (Lipinski definition) is 1. The number of nitrogens with one attached hydrogen (secondary N) is 1. The van der Waals surface area contributed by atoms with Gasteiger partial charge in [-0.3, -0.25) is 0 Å². The molecule has 0 bridgehead atoms. The smallest absolute Gasteiger partial charge is 0.127 e. The Morgan fingerprint density at radius 1 is 1.32 bits per heavy atom. The van der Waals surface area contributed by atoms with E-state index < -0.39 is 0 Å². The van der Waals surface area contributed by atoms with E-state index in [9.17, 15) is 4.39 Å². The molecule has 1 nitrogen and oxygen atoms in total. The molecule has 0 heterocycles. The quantitative estimate of drug-likeness (QED) is 0.779. The molecule has 1 atom stereocenters. The monoisotopic (exact) mass is 329 g/mol. The molecule has 1 N–H and O–H groups in total. The number of hydrogen-bond acceptors (Lipinski definition) is 1. The van der Waals surface area contributed by atoms with Gasteiger partial charge in [0.25, 0.3) is 0 Å². The molecule has 1 aromatic carbocycles. The van der Waals surface area contributed by atoms with E-state index >= 15 is 0 Å². The molecule has 0 aliphatic rings. The average molecular weight is 330 g/mol. The first kappa shape index (κ1) is 16.6. The summed E-state index contributed by atoms with van der Waals surface area (Å²) in [6.45, 7) is 9.61. The first-order valence-corrected chi connectivity index (χ1v) is 7.80. The summed E-state index contributed by atoms with van der Waals surface area (Å²) in [6.07, 6.45) is 3.06. The van der Waals surface area contributed by atoms with Crippen LogP contribution in [0.4, 0.5) is 4.39 Å². The zero-order valence-corrected chi connectivity index (χ0v) is 14.0. The fourth-order valence-corrected chi connectivity index (χ4v) is 2.47. The maximum atomic E-state index is 13.9. The first-order chi connectivity index (χ1) is 8.81. The van der Waals surface area contributed by atoms with Crippen LogP contribution >= 0.6 is 15.9 Å². The summed E-state index contributed by atoms with van der Waals surface area (Å²) in [7, 11) is 0. The molecule has 0 spiro atoms. The Bertz CT molecular complexity index is 398. The third kappa shape index (κ3) is 6.53. The van der Waals surface area contributed by atoms with Crippen molar-refractivity contribution in [3.8, 4) is 0 Å². The van der Waals surface area contributed by atoms with Gasteiger partial charge in [0.15, 0.2) is 0 Å². The first-order valence-electron chi connectivity index (χ1n) is 7.00. The Morgan fingerprint density at radius 2 is 2.00 bits per heavy atom. The van der Waals surface area contributed by atoms with Crippen LogP contribution in [0.2, 0.25) is 0 Å². The van der Waals surface area contributed by atoms with Gasteiger partial charge < -0.3 is 5.32 Å². The highest BCUT2D eigenvalue weighted by atomic mass is 79.9. The summed E-state index contributed by atoms with van der Waals surface area (Å²) in [5.74, 6) is 0.381. The van der Waals surface area contributed by atoms with Crippen molar-refractivity contribution < 1.29 is 4.39 Å². The van der Waals surface area contributed by atoms with Gasteiger partial charge in [-0.1, -0.05) is 35.3 Å². The highest BCUT2D eigenvalue weighted by Crippen LogP contribution is 2.20. The van der Waals surface area contributed by atoms with Gasteiger partial charge in [-0.15, -0.1) is 0 Å². The van der Waals surface area contributed by atoms with Crippen molar-refractivity contribution >= 4 is 15.9 Å². The van der Waals surface area contributed by atoms with Gasteiger partial charge in [-0.2, -0.15) is 0 Å². The minimum absolute atomic E-state index is 0.105. The van der Waals surface area contributed by atoms with Gasteiger partial charge in [0.2, 0.25) is 0 Å². The SMILES string of the molecule is CCCC(CNC(C)(C)C)Cc1ccc(Br)cc1F. The largest absolute Gasteiger partial charge is 0.312 e. The Morgan fingerprint density at radius 3 is 2.53 bits per heavy atom. The predicted octanol–water partition coefficient (Wildman–Crippen LogP) is 4.94. The lowest BCUT2D eigenvalue weighted by Crippen LogP contribution is -2.39. The molecule has 19 heavy (non-hydrogen) atoms. The van der Waals surface area contributed by atoms with Crippen molar-refractivity contribution in [2.24, 2.45) is 5.92 Å². The molecule has 108 valence electrons. The minimum Gasteiger partial charge on any atom is -0.312 e. The van der Waals surface area contributed by atoms with Crippen molar-refractivity contribution in [1.29, 1.82) is 0 Å². The van der Waals surface area contributed by atoms with Gasteiger partial charge in [0.05, 0.1) is 0 Å². The van der Waals surface area contributed by atoms with Crippen LogP contribution in [0, 0.1) is 11.7 Å². The maximum absolute atomic E-state index is 13.9. The molecule has 0 saturated carbocycles. The maximum Gasteiger partial charge on any atom is 0.127 e. The van der Waals surface area contributed by atoms with Crippen molar-refractivity contribution in [2.45, 2.75) is 52.5 Å². The van der Waals surface area contributed by atoms with Crippen LogP contribution in [0.5, 0.6) is 0 Å². The van der Waals surface area contributed by atoms with Crippen molar-refractivity contribution in [3.05, 3.63) is 34.1 Å². The summed E-state index contributed by atoms with van der Waals surface area (Å²) < 4.78 is 14.7. The molecule has 0 saturated heterocycles. The Hall–Kier alpha value is -0.410. The average Bonchev–Trinajstić information content (AvgIpc) is 2.28. The zero-order chi connectivity index (χ0) is 14.5. The Balaban J connectivity index is 2.67. The Labute approximate surface area is 125 Å². The van der Waals surface area contributed by atoms with Crippen molar-refractivity contribution in [2.75, 3.05) is 6.54 Å². The second-order valence-corrected chi connectivity index (χ2v) is 7.14. The van der Waals surface area contributed by atoms with Crippen LogP contribution in [-0.4, -0.2) is 12.1 Å². The van der Waals surface area contributed by atoms with Gasteiger partial charge in [-0.25, -0.2) is 4.39 Å². The van der Waals surface area contributed by atoms with Crippen LogP contribution in [0.15, 0.2) is 22.7 Å². The third-order valence-electron chi connectivity index (χ3n) is 3.14. The van der Waals surface area contributed by atoms with E-state index in [1.165, 1.54) is 0 Å². The van der Waals surface area contributed by atoms with Gasteiger partial charge in [0, 0.05) is 10.0 Å². The second kappa shape index (κ2) is 7.39. The topological polar surface area (TPSA) is 12.0 Å². The van der Waals surface area contributed by atoms with Gasteiger partial charge >= 0.3 is 0 Å². The molecule has 1 unspecified atom stereocenters. The fourth-order valence-electron chi connectivity index (χ4n) is 2.13. The van der Waals surface area contributed by atoms with E-state index in [1.807, 2.05) is 12.1 Å². The highest BCUT2D eigenvalue weighted by Gasteiger charge is 2.15. The summed E-state index contributed by atoms with van der Waals surface area (Å²) in [6, 6.07) is 5.35. The van der Waals surface area contributed by atoms with E-state index in [2.05, 4.69) is 48.9 Å². The predicted molar refractivity (Wildman–Crippen MR) is 84.0 cm³/mol. The molecule has 0 radical (unpaired) electrons. The molecule has 1 aromatic rings. The number of rotatable bonds is 6. The molecule has 0 aliphatic carbocycles. The standard InChI is InChI=1S/C16H25BrFN/c1-5-6-12(11-19-16(2,3)4)9-13-7-8-14(17)10-15(13)18/h7-8,10,12,19H,5-6,9,11H2,1-4H3. The molecule has 0 amide bonds. The molecule has 0 aromatic heterocycles. The minimum atomic E-state index is -0.105. The van der Waals surface area contributed by atoms with Gasteiger partial charge in [0.1, 0.15) is 5.82 Å². The highest BCUT2D eigenvalue weighted by molar-refractivity contribution is 9.10. The van der Waals surface area contributed by atoms with Crippen molar-refractivity contribution in [1.82, 2.24) is 5.32 Å². The lowest BCUT2D eigenvalue weighted by atomic mass is 9.93. The van der Waals surface area contributed by atoms with Crippen LogP contribution in [0.3, 0.4) is 0 Å². The molecule has 0 aliphatic heterocycles. The number of halogens is 2. The summed E-state index contributed by atoms with van der Waals surface area (Å²) >= 11 is 3.30. The summed E-state index contributed by atoms with van der Waals surface area (Å²) in [5.41, 5.74) is 0.932. The van der Waals surface area contributed by atoms with E-state index in [4.69, 9.17) is 0 Å². The van der Waals surface area contributed by atoms with E-state index in [0.717, 1.165) is 35.8 Å². The lowest BCUT2D eigenvalue weighted by molar-refractivity contribution is 0.352. The van der Waals surface area contributed by atoms with E-state index in [1.54, 1.807) is 6.07 Å². The van der Waals surface area contributed by atoms with Crippen molar-refractivity contribution in [3.63, 3.8) is 0 Å². The van der Waals surface area contributed by atoms with Crippen LogP contribution in [-0.2, 0) is 6.42 Å². The Kier molecular flexibility index (Phi) is 6.48. The summed E-state index contributed by atoms with van der Waals surface area (Å²) in [4.78, 5) is 0. The van der Waals surface area contributed by atoms with Gasteiger partial charge in [-0.05, 0) is 63.8 Å². The normalized spacial score (nSPS) is 13.6. The second-order valence-electron chi connectivity index (χ2n) is 6.23. The van der Waals surface area contributed by atoms with E-state index in [0.29, 0.717) is 5.92 Å². The fraction of sp³-hybridized carbons (Fsp3) is 0.625. The zero-order valence-electron chi connectivity index (χ0n) is 12.4. The molecular formula is C16H25BrFN. The molecule has 1 rings (SSSR count). The number of benzene rings is 1. The van der Waals surface area contributed by atoms with Crippen LogP contribution in [0.1, 0.15) is 46.1 Å². The lowest BCUT2D eigenvalue weighted by Gasteiger charge is -2.25. The molecular weight excluding hydrogens is 305 g/mol. The third-order valence-corrected chi connectivity index (χ3v) is 3.63. The van der Waals surface area contributed by atoms with Crippen LogP contribution in [0.25, 0.3) is 0 Å². The molecule has 3 heteroatoms.